The van der Waals surface area contributed by atoms with Crippen molar-refractivity contribution in [3.05, 3.63) is 48.0 Å². The summed E-state index contributed by atoms with van der Waals surface area (Å²) in [5.41, 5.74) is 0.836. The summed E-state index contributed by atoms with van der Waals surface area (Å²) in [7, 11) is 0. The minimum Gasteiger partial charge on any atom is -0.346 e. The molecule has 2 amide bonds. The fourth-order valence-electron chi connectivity index (χ4n) is 4.10. The minimum absolute atomic E-state index is 0.0916. The standard InChI is InChI=1S/C21H25NO6/c1-4-11-25-20-17-16(27-21(5-2,6-3)28-17)15(26-20)12-22-18(23)13-9-7-8-10-14(13)19(22)24/h4,7-10,15-17,20H,1,5-6,11-12H2,2-3H3/t15-,16-,17-,20-/m1/s1. The first kappa shape index (κ1) is 19.3. The highest BCUT2D eigenvalue weighted by Gasteiger charge is 2.58. The quantitative estimate of drug-likeness (QED) is 0.529. The molecule has 7 heteroatoms. The third-order valence-electron chi connectivity index (χ3n) is 5.67. The molecule has 2 saturated heterocycles. The first-order valence-corrected chi connectivity index (χ1v) is 9.72. The van der Waals surface area contributed by atoms with Crippen molar-refractivity contribution in [3.63, 3.8) is 0 Å². The van der Waals surface area contributed by atoms with Crippen LogP contribution in [0.4, 0.5) is 0 Å². The summed E-state index contributed by atoms with van der Waals surface area (Å²) in [6.07, 6.45) is 1.01. The van der Waals surface area contributed by atoms with E-state index < -0.39 is 30.4 Å². The van der Waals surface area contributed by atoms with Crippen molar-refractivity contribution >= 4 is 11.8 Å². The lowest BCUT2D eigenvalue weighted by molar-refractivity contribution is -0.246. The highest BCUT2D eigenvalue weighted by Crippen LogP contribution is 2.43. The van der Waals surface area contributed by atoms with Gasteiger partial charge in [0.1, 0.15) is 18.3 Å². The van der Waals surface area contributed by atoms with E-state index in [4.69, 9.17) is 18.9 Å². The number of ether oxygens (including phenoxy) is 4. The van der Waals surface area contributed by atoms with Crippen molar-refractivity contribution in [1.29, 1.82) is 0 Å². The molecule has 3 aliphatic rings. The molecule has 0 bridgehead atoms. The van der Waals surface area contributed by atoms with Crippen LogP contribution in [0.1, 0.15) is 47.4 Å². The van der Waals surface area contributed by atoms with Crippen molar-refractivity contribution < 1.29 is 28.5 Å². The second-order valence-corrected chi connectivity index (χ2v) is 7.21. The largest absolute Gasteiger partial charge is 0.346 e. The molecule has 0 saturated carbocycles. The van der Waals surface area contributed by atoms with Crippen LogP contribution >= 0.6 is 0 Å². The maximum absolute atomic E-state index is 12.7. The van der Waals surface area contributed by atoms with Gasteiger partial charge in [0.25, 0.3) is 11.8 Å². The number of hydrogen-bond donors (Lipinski definition) is 0. The first-order chi connectivity index (χ1) is 13.5. The lowest BCUT2D eigenvalue weighted by atomic mass is 10.1. The molecular weight excluding hydrogens is 362 g/mol. The number of hydrogen-bond acceptors (Lipinski definition) is 6. The van der Waals surface area contributed by atoms with Gasteiger partial charge in [-0.15, -0.1) is 6.58 Å². The third kappa shape index (κ3) is 2.99. The molecule has 0 spiro atoms. The van der Waals surface area contributed by atoms with Gasteiger partial charge in [-0.2, -0.15) is 0 Å². The van der Waals surface area contributed by atoms with E-state index in [1.165, 1.54) is 4.90 Å². The lowest BCUT2D eigenvalue weighted by Gasteiger charge is -2.29. The fraction of sp³-hybridized carbons (Fsp3) is 0.524. The molecule has 3 heterocycles. The van der Waals surface area contributed by atoms with E-state index in [0.717, 1.165) is 0 Å². The molecule has 0 aliphatic carbocycles. The Balaban J connectivity index is 1.55. The third-order valence-corrected chi connectivity index (χ3v) is 5.67. The summed E-state index contributed by atoms with van der Waals surface area (Å²) in [5.74, 6) is -1.32. The monoisotopic (exact) mass is 387 g/mol. The molecule has 0 unspecified atom stereocenters. The van der Waals surface area contributed by atoms with Gasteiger partial charge in [-0.3, -0.25) is 14.5 Å². The topological polar surface area (TPSA) is 74.3 Å². The van der Waals surface area contributed by atoms with E-state index in [0.29, 0.717) is 30.6 Å². The van der Waals surface area contributed by atoms with Crippen LogP contribution in [0, 0.1) is 0 Å². The Morgan fingerprint density at radius 3 is 2.29 bits per heavy atom. The summed E-state index contributed by atoms with van der Waals surface area (Å²) < 4.78 is 24.2. The van der Waals surface area contributed by atoms with Crippen molar-refractivity contribution in [2.45, 2.75) is 57.1 Å². The maximum Gasteiger partial charge on any atom is 0.261 e. The summed E-state index contributed by atoms with van der Waals surface area (Å²) in [6, 6.07) is 6.83. The van der Waals surface area contributed by atoms with E-state index >= 15 is 0 Å². The smallest absolute Gasteiger partial charge is 0.261 e. The predicted molar refractivity (Wildman–Crippen MR) is 99.7 cm³/mol. The molecule has 1 aromatic carbocycles. The van der Waals surface area contributed by atoms with Gasteiger partial charge in [0, 0.05) is 0 Å². The van der Waals surface area contributed by atoms with Crippen LogP contribution in [0.5, 0.6) is 0 Å². The number of rotatable bonds is 7. The number of carbonyl (C=O) groups is 2. The Labute approximate surface area is 164 Å². The van der Waals surface area contributed by atoms with Gasteiger partial charge < -0.3 is 18.9 Å². The van der Waals surface area contributed by atoms with Crippen LogP contribution in [0.15, 0.2) is 36.9 Å². The zero-order valence-corrected chi connectivity index (χ0v) is 16.1. The molecule has 2 fully saturated rings. The molecule has 4 rings (SSSR count). The zero-order chi connectivity index (χ0) is 19.9. The highest BCUT2D eigenvalue weighted by molar-refractivity contribution is 6.21. The second-order valence-electron chi connectivity index (χ2n) is 7.21. The van der Waals surface area contributed by atoms with Crippen LogP contribution < -0.4 is 0 Å². The Hall–Kier alpha value is -2.06. The van der Waals surface area contributed by atoms with Gasteiger partial charge in [-0.25, -0.2) is 0 Å². The lowest BCUT2D eigenvalue weighted by Crippen LogP contribution is -2.43. The van der Waals surface area contributed by atoms with E-state index in [9.17, 15) is 9.59 Å². The van der Waals surface area contributed by atoms with Gasteiger partial charge in [0.15, 0.2) is 12.1 Å². The minimum atomic E-state index is -0.699. The maximum atomic E-state index is 12.7. The summed E-state index contributed by atoms with van der Waals surface area (Å²) in [4.78, 5) is 26.7. The molecule has 7 nitrogen and oxygen atoms in total. The SMILES string of the molecule is C=CCO[C@@H]1O[C@H](CN2C(=O)c3ccccc3C2=O)[C@H]2OC(CC)(CC)O[C@@H]12. The Bertz CT molecular complexity index is 754. The number of nitrogens with zero attached hydrogens (tertiary/aromatic N) is 1. The Morgan fingerprint density at radius 2 is 1.71 bits per heavy atom. The van der Waals surface area contributed by atoms with Gasteiger partial charge >= 0.3 is 0 Å². The van der Waals surface area contributed by atoms with E-state index in [2.05, 4.69) is 6.58 Å². The predicted octanol–water partition coefficient (Wildman–Crippen LogP) is 2.51. The second kappa shape index (κ2) is 7.40. The summed E-state index contributed by atoms with van der Waals surface area (Å²) in [6.45, 7) is 8.07. The van der Waals surface area contributed by atoms with E-state index in [1.54, 1.807) is 30.3 Å². The van der Waals surface area contributed by atoms with Gasteiger partial charge in [0.05, 0.1) is 24.3 Å². The summed E-state index contributed by atoms with van der Waals surface area (Å²) in [5, 5.41) is 0. The highest BCUT2D eigenvalue weighted by atomic mass is 16.8. The van der Waals surface area contributed by atoms with Crippen LogP contribution in [0.3, 0.4) is 0 Å². The van der Waals surface area contributed by atoms with Crippen molar-refractivity contribution in [2.75, 3.05) is 13.2 Å². The molecule has 0 aromatic heterocycles. The van der Waals surface area contributed by atoms with E-state index in [-0.39, 0.29) is 18.4 Å². The first-order valence-electron chi connectivity index (χ1n) is 9.72. The van der Waals surface area contributed by atoms with Gasteiger partial charge in [-0.1, -0.05) is 32.1 Å². The number of amides is 2. The van der Waals surface area contributed by atoms with Gasteiger partial charge in [-0.05, 0) is 25.0 Å². The van der Waals surface area contributed by atoms with E-state index in [1.807, 2.05) is 13.8 Å². The Kier molecular flexibility index (Phi) is 5.09. The van der Waals surface area contributed by atoms with Crippen LogP contribution in [0.2, 0.25) is 0 Å². The number of benzene rings is 1. The fourth-order valence-corrected chi connectivity index (χ4v) is 4.10. The van der Waals surface area contributed by atoms with Crippen molar-refractivity contribution in [3.8, 4) is 0 Å². The average molecular weight is 387 g/mol. The number of carbonyl (C=O) groups excluding carboxylic acids is 2. The molecule has 4 atom stereocenters. The average Bonchev–Trinajstić information content (AvgIpc) is 3.33. The summed E-state index contributed by atoms with van der Waals surface area (Å²) >= 11 is 0. The van der Waals surface area contributed by atoms with Crippen LogP contribution in [-0.2, 0) is 18.9 Å². The van der Waals surface area contributed by atoms with Crippen LogP contribution in [-0.4, -0.2) is 60.3 Å². The molecule has 0 N–H and O–H groups in total. The molecule has 3 aliphatic heterocycles. The van der Waals surface area contributed by atoms with Crippen LogP contribution in [0.25, 0.3) is 0 Å². The number of imide groups is 1. The Morgan fingerprint density at radius 1 is 1.11 bits per heavy atom. The zero-order valence-electron chi connectivity index (χ0n) is 16.1. The number of fused-ring (bicyclic) bond motifs is 2. The molecule has 0 radical (unpaired) electrons. The normalized spacial score (nSPS) is 30.6. The van der Waals surface area contributed by atoms with Crippen molar-refractivity contribution in [1.82, 2.24) is 4.90 Å². The molecule has 1 aromatic rings. The van der Waals surface area contributed by atoms with Gasteiger partial charge in [0.2, 0.25) is 0 Å². The molecule has 150 valence electrons. The molecular formula is C21H25NO6. The van der Waals surface area contributed by atoms with Crippen molar-refractivity contribution in [2.24, 2.45) is 0 Å². The molecule has 28 heavy (non-hydrogen) atoms.